The predicted octanol–water partition coefficient (Wildman–Crippen LogP) is 4.70. The van der Waals surface area contributed by atoms with E-state index < -0.39 is 9.84 Å². The zero-order valence-electron chi connectivity index (χ0n) is 22.6. The lowest BCUT2D eigenvalue weighted by Crippen LogP contribution is -2.34. The fourth-order valence-corrected chi connectivity index (χ4v) is 6.54. The zero-order chi connectivity index (χ0) is 27.6. The number of fused-ring (bicyclic) bond motifs is 2. The Bertz CT molecular complexity index is 1460. The molecule has 1 aromatic heterocycles. The topological polar surface area (TPSA) is 78.9 Å². The first-order chi connectivity index (χ1) is 18.8. The highest BCUT2D eigenvalue weighted by Gasteiger charge is 2.27. The number of hydrogen-bond donors (Lipinski definition) is 0. The summed E-state index contributed by atoms with van der Waals surface area (Å²) in [6.07, 6.45) is 3.50. The first-order valence-corrected chi connectivity index (χ1v) is 15.6. The SMILES string of the molecule is C=CS(=O)(=O)CCCN(C)c1nc(OC[C@@H]2CCCN2C)nc2c1CCN(c1cccc3cccc(Cl)c13)C2. The van der Waals surface area contributed by atoms with Gasteiger partial charge in [-0.25, -0.2) is 8.42 Å². The largest absolute Gasteiger partial charge is 0.462 e. The molecule has 1 fully saturated rings. The van der Waals surface area contributed by atoms with Crippen molar-refractivity contribution in [2.45, 2.75) is 38.3 Å². The highest BCUT2D eigenvalue weighted by atomic mass is 35.5. The number of benzene rings is 2. The molecular weight excluding hydrogens is 534 g/mol. The van der Waals surface area contributed by atoms with Crippen LogP contribution in [0, 0.1) is 0 Å². The third-order valence-electron chi connectivity index (χ3n) is 7.81. The van der Waals surface area contributed by atoms with Crippen LogP contribution in [0.1, 0.15) is 30.5 Å². The summed E-state index contributed by atoms with van der Waals surface area (Å²) in [6, 6.07) is 13.0. The summed E-state index contributed by atoms with van der Waals surface area (Å²) in [4.78, 5) is 16.4. The van der Waals surface area contributed by atoms with Crippen LogP contribution in [0.25, 0.3) is 10.8 Å². The molecule has 5 rings (SSSR count). The molecule has 39 heavy (non-hydrogen) atoms. The van der Waals surface area contributed by atoms with E-state index >= 15 is 0 Å². The number of rotatable bonds is 10. The Hall–Kier alpha value is -2.88. The van der Waals surface area contributed by atoms with Crippen LogP contribution in [-0.4, -0.2) is 75.4 Å². The van der Waals surface area contributed by atoms with Gasteiger partial charge in [-0.2, -0.15) is 9.97 Å². The maximum absolute atomic E-state index is 11.9. The van der Waals surface area contributed by atoms with E-state index in [-0.39, 0.29) is 5.75 Å². The van der Waals surface area contributed by atoms with Crippen molar-refractivity contribution in [3.05, 3.63) is 64.7 Å². The molecule has 1 saturated heterocycles. The lowest BCUT2D eigenvalue weighted by Gasteiger charge is -2.33. The number of likely N-dealkylation sites (tertiary alicyclic amines) is 1. The van der Waals surface area contributed by atoms with Gasteiger partial charge in [-0.05, 0) is 56.8 Å². The summed E-state index contributed by atoms with van der Waals surface area (Å²) in [5.74, 6) is 0.863. The monoisotopic (exact) mass is 569 g/mol. The van der Waals surface area contributed by atoms with Gasteiger partial charge < -0.3 is 19.4 Å². The average Bonchev–Trinajstić information content (AvgIpc) is 3.35. The van der Waals surface area contributed by atoms with Gasteiger partial charge in [-0.15, -0.1) is 0 Å². The second-order valence-electron chi connectivity index (χ2n) is 10.4. The van der Waals surface area contributed by atoms with Gasteiger partial charge in [0.15, 0.2) is 9.84 Å². The molecule has 3 heterocycles. The van der Waals surface area contributed by atoms with E-state index in [4.69, 9.17) is 26.3 Å². The molecule has 0 radical (unpaired) electrons. The first kappa shape index (κ1) is 27.7. The molecule has 0 N–H and O–H groups in total. The molecule has 10 heteroatoms. The average molecular weight is 570 g/mol. The normalized spacial score (nSPS) is 17.8. The Morgan fingerprint density at radius 1 is 1.21 bits per heavy atom. The molecule has 0 unspecified atom stereocenters. The summed E-state index contributed by atoms with van der Waals surface area (Å²) in [5, 5.41) is 3.91. The van der Waals surface area contributed by atoms with Crippen molar-refractivity contribution in [3.8, 4) is 6.01 Å². The summed E-state index contributed by atoms with van der Waals surface area (Å²) < 4.78 is 30.0. The number of likely N-dealkylation sites (N-methyl/N-ethyl adjacent to an activating group) is 1. The third kappa shape index (κ3) is 6.15. The van der Waals surface area contributed by atoms with Crippen LogP contribution in [-0.2, 0) is 22.8 Å². The molecule has 0 aliphatic carbocycles. The second-order valence-corrected chi connectivity index (χ2v) is 12.9. The Kier molecular flexibility index (Phi) is 8.30. The number of anilines is 2. The van der Waals surface area contributed by atoms with E-state index in [1.165, 1.54) is 6.42 Å². The van der Waals surface area contributed by atoms with Gasteiger partial charge in [0.25, 0.3) is 0 Å². The van der Waals surface area contributed by atoms with E-state index in [1.807, 2.05) is 24.1 Å². The van der Waals surface area contributed by atoms with Crippen molar-refractivity contribution < 1.29 is 13.2 Å². The highest BCUT2D eigenvalue weighted by molar-refractivity contribution is 7.94. The number of ether oxygens (including phenoxy) is 1. The van der Waals surface area contributed by atoms with Crippen molar-refractivity contribution in [2.24, 2.45) is 0 Å². The van der Waals surface area contributed by atoms with Crippen molar-refractivity contribution >= 4 is 43.7 Å². The minimum atomic E-state index is -3.25. The fourth-order valence-electron chi connectivity index (χ4n) is 5.57. The maximum atomic E-state index is 11.9. The van der Waals surface area contributed by atoms with Crippen LogP contribution in [0.2, 0.25) is 5.02 Å². The van der Waals surface area contributed by atoms with Gasteiger partial charge in [0, 0.05) is 48.2 Å². The standard InChI is InChI=1S/C29H36ClN5O3S/c1-4-39(36,37)18-8-16-34(3)28-23-14-17-35(26-13-6-10-21-9-5-12-24(30)27(21)26)19-25(23)31-29(32-28)38-20-22-11-7-15-33(22)2/h4-6,9-10,12-13,22H,1,7-8,11,14-20H2,2-3H3/t22-/m0/s1. The molecule has 0 amide bonds. The van der Waals surface area contributed by atoms with Crippen molar-refractivity contribution in [3.63, 3.8) is 0 Å². The zero-order valence-corrected chi connectivity index (χ0v) is 24.2. The number of sulfone groups is 1. The van der Waals surface area contributed by atoms with Crippen LogP contribution < -0.4 is 14.5 Å². The van der Waals surface area contributed by atoms with E-state index in [9.17, 15) is 8.42 Å². The molecular formula is C29H36ClN5O3S. The molecule has 3 aromatic rings. The molecule has 0 saturated carbocycles. The lowest BCUT2D eigenvalue weighted by molar-refractivity contribution is 0.187. The van der Waals surface area contributed by atoms with Gasteiger partial charge in [-0.3, -0.25) is 0 Å². The number of nitrogens with zero attached hydrogens (tertiary/aromatic N) is 5. The van der Waals surface area contributed by atoms with E-state index in [0.717, 1.165) is 69.9 Å². The van der Waals surface area contributed by atoms with Gasteiger partial charge in [-0.1, -0.05) is 42.4 Å². The van der Waals surface area contributed by atoms with E-state index in [0.29, 0.717) is 38.2 Å². The number of halogens is 1. The first-order valence-electron chi connectivity index (χ1n) is 13.5. The van der Waals surface area contributed by atoms with Crippen LogP contribution in [0.5, 0.6) is 6.01 Å². The molecule has 2 aliphatic heterocycles. The molecule has 2 aromatic carbocycles. The lowest BCUT2D eigenvalue weighted by atomic mass is 10.0. The molecule has 2 aliphatic rings. The van der Waals surface area contributed by atoms with Gasteiger partial charge >= 0.3 is 6.01 Å². The van der Waals surface area contributed by atoms with Gasteiger partial charge in [0.05, 0.1) is 23.0 Å². The maximum Gasteiger partial charge on any atom is 0.318 e. The predicted molar refractivity (Wildman–Crippen MR) is 159 cm³/mol. The molecule has 8 nitrogen and oxygen atoms in total. The van der Waals surface area contributed by atoms with Gasteiger partial charge in [0.1, 0.15) is 12.4 Å². The van der Waals surface area contributed by atoms with Crippen molar-refractivity contribution in [1.29, 1.82) is 0 Å². The highest BCUT2D eigenvalue weighted by Crippen LogP contribution is 2.36. The fraction of sp³-hybridized carbons (Fsp3) is 0.448. The Labute approximate surface area is 236 Å². The summed E-state index contributed by atoms with van der Waals surface area (Å²) >= 11 is 6.65. The van der Waals surface area contributed by atoms with Crippen molar-refractivity contribution in [1.82, 2.24) is 14.9 Å². The third-order valence-corrected chi connectivity index (χ3v) is 9.49. The number of hydrogen-bond acceptors (Lipinski definition) is 8. The summed E-state index contributed by atoms with van der Waals surface area (Å²) in [7, 11) is 0.828. The molecule has 0 bridgehead atoms. The molecule has 1 atom stereocenters. The summed E-state index contributed by atoms with van der Waals surface area (Å²) in [5.41, 5.74) is 3.09. The van der Waals surface area contributed by atoms with E-state index in [1.54, 1.807) is 0 Å². The van der Waals surface area contributed by atoms with Crippen LogP contribution in [0.4, 0.5) is 11.5 Å². The van der Waals surface area contributed by atoms with E-state index in [2.05, 4.69) is 47.7 Å². The number of aromatic nitrogens is 2. The van der Waals surface area contributed by atoms with Gasteiger partial charge in [0.2, 0.25) is 0 Å². The molecule has 0 spiro atoms. The minimum absolute atomic E-state index is 0.0567. The summed E-state index contributed by atoms with van der Waals surface area (Å²) in [6.45, 7) is 6.97. The van der Waals surface area contributed by atoms with Crippen molar-refractivity contribution in [2.75, 3.05) is 55.9 Å². The van der Waals surface area contributed by atoms with Crippen LogP contribution >= 0.6 is 11.6 Å². The minimum Gasteiger partial charge on any atom is -0.462 e. The Morgan fingerprint density at radius 2 is 2.00 bits per heavy atom. The van der Waals surface area contributed by atoms with Crippen LogP contribution in [0.3, 0.4) is 0 Å². The molecule has 208 valence electrons. The quantitative estimate of drug-likeness (QED) is 0.347. The smallest absolute Gasteiger partial charge is 0.318 e. The second kappa shape index (κ2) is 11.7. The van der Waals surface area contributed by atoms with Crippen LogP contribution in [0.15, 0.2) is 48.4 Å². The Morgan fingerprint density at radius 3 is 2.74 bits per heavy atom. The Balaban J connectivity index is 1.44.